The van der Waals surface area contributed by atoms with E-state index in [2.05, 4.69) is 40.6 Å². The summed E-state index contributed by atoms with van der Waals surface area (Å²) in [5, 5.41) is 19.5. The molecule has 35 heavy (non-hydrogen) atoms. The number of rotatable bonds is 5. The van der Waals surface area contributed by atoms with E-state index in [1.165, 1.54) is 0 Å². The molecule has 0 amide bonds. The molecule has 3 heterocycles. The van der Waals surface area contributed by atoms with Crippen LogP contribution >= 0.6 is 0 Å². The number of nitrogens with zero attached hydrogens (tertiary/aromatic N) is 5. The Hall–Kier alpha value is -5.02. The van der Waals surface area contributed by atoms with Crippen LogP contribution in [0.4, 0.5) is 5.69 Å². The lowest BCUT2D eigenvalue weighted by Gasteiger charge is -2.14. The van der Waals surface area contributed by atoms with Crippen LogP contribution in [0.1, 0.15) is 11.1 Å². The molecule has 6 heteroatoms. The molecule has 6 rings (SSSR count). The number of anilines is 1. The SMILES string of the molecule is N#Cc1c(NCc2ccccc2)c2cc(-c3cccnc3)ccc2n2nc(-c3ccccc3)nc12. The number of fused-ring (bicyclic) bond motifs is 3. The Labute approximate surface area is 202 Å². The summed E-state index contributed by atoms with van der Waals surface area (Å²) in [6.07, 6.45) is 3.60. The first-order valence-electron chi connectivity index (χ1n) is 11.3. The summed E-state index contributed by atoms with van der Waals surface area (Å²) < 4.78 is 1.77. The van der Waals surface area contributed by atoms with Gasteiger partial charge in [-0.3, -0.25) is 4.98 Å². The van der Waals surface area contributed by atoms with Crippen molar-refractivity contribution < 1.29 is 0 Å². The Morgan fingerprint density at radius 2 is 1.60 bits per heavy atom. The second-order valence-electron chi connectivity index (χ2n) is 8.21. The third kappa shape index (κ3) is 3.75. The molecule has 0 fully saturated rings. The van der Waals surface area contributed by atoms with Gasteiger partial charge in [-0.2, -0.15) is 5.26 Å². The van der Waals surface area contributed by atoms with Gasteiger partial charge in [0.2, 0.25) is 0 Å². The Morgan fingerprint density at radius 1 is 0.829 bits per heavy atom. The fourth-order valence-corrected chi connectivity index (χ4v) is 4.31. The summed E-state index contributed by atoms with van der Waals surface area (Å²) >= 11 is 0. The van der Waals surface area contributed by atoms with Crippen LogP contribution in [0.2, 0.25) is 0 Å². The van der Waals surface area contributed by atoms with Gasteiger partial charge in [0.25, 0.3) is 0 Å². The summed E-state index contributed by atoms with van der Waals surface area (Å²) in [6, 6.07) is 32.4. The van der Waals surface area contributed by atoms with Gasteiger partial charge in [-0.25, -0.2) is 9.50 Å². The predicted octanol–water partition coefficient (Wildman–Crippen LogP) is 6.10. The van der Waals surface area contributed by atoms with Crippen molar-refractivity contribution in [3.8, 4) is 28.6 Å². The minimum atomic E-state index is 0.464. The molecule has 0 radical (unpaired) electrons. The van der Waals surface area contributed by atoms with E-state index in [-0.39, 0.29) is 0 Å². The van der Waals surface area contributed by atoms with Gasteiger partial charge in [-0.1, -0.05) is 72.8 Å². The molecule has 166 valence electrons. The van der Waals surface area contributed by atoms with Gasteiger partial charge >= 0.3 is 0 Å². The Kier molecular flexibility index (Phi) is 5.13. The van der Waals surface area contributed by atoms with Crippen LogP contribution in [0.15, 0.2) is 103 Å². The molecule has 0 unspecified atom stereocenters. The van der Waals surface area contributed by atoms with Crippen molar-refractivity contribution in [2.45, 2.75) is 6.54 Å². The van der Waals surface area contributed by atoms with Gasteiger partial charge in [0.15, 0.2) is 11.5 Å². The lowest BCUT2D eigenvalue weighted by Crippen LogP contribution is -2.05. The van der Waals surface area contributed by atoms with Crippen LogP contribution in [-0.4, -0.2) is 19.6 Å². The molecule has 0 aliphatic carbocycles. The Bertz CT molecular complexity index is 1680. The van der Waals surface area contributed by atoms with E-state index in [0.29, 0.717) is 23.6 Å². The largest absolute Gasteiger partial charge is 0.379 e. The number of nitriles is 1. The molecule has 0 atom stereocenters. The first kappa shape index (κ1) is 20.6. The minimum Gasteiger partial charge on any atom is -0.379 e. The quantitative estimate of drug-likeness (QED) is 0.342. The van der Waals surface area contributed by atoms with E-state index in [9.17, 15) is 5.26 Å². The molecule has 3 aromatic heterocycles. The smallest absolute Gasteiger partial charge is 0.182 e. The maximum atomic E-state index is 10.3. The number of benzene rings is 3. The van der Waals surface area contributed by atoms with Crippen LogP contribution in [-0.2, 0) is 6.54 Å². The highest BCUT2D eigenvalue weighted by Gasteiger charge is 2.19. The lowest BCUT2D eigenvalue weighted by molar-refractivity contribution is 1.01. The first-order valence-corrected chi connectivity index (χ1v) is 11.3. The van der Waals surface area contributed by atoms with Gasteiger partial charge in [-0.05, 0) is 29.3 Å². The van der Waals surface area contributed by atoms with Gasteiger partial charge < -0.3 is 5.32 Å². The molecule has 6 nitrogen and oxygen atoms in total. The van der Waals surface area contributed by atoms with E-state index in [4.69, 9.17) is 10.1 Å². The van der Waals surface area contributed by atoms with Crippen LogP contribution in [0, 0.1) is 11.3 Å². The summed E-state index contributed by atoms with van der Waals surface area (Å²) in [5.74, 6) is 0.583. The Morgan fingerprint density at radius 3 is 2.34 bits per heavy atom. The molecule has 0 aliphatic heterocycles. The summed E-state index contributed by atoms with van der Waals surface area (Å²) in [5.41, 5.74) is 6.66. The number of nitrogens with one attached hydrogen (secondary N) is 1. The van der Waals surface area contributed by atoms with Gasteiger partial charge in [-0.15, -0.1) is 5.10 Å². The van der Waals surface area contributed by atoms with E-state index in [0.717, 1.165) is 38.8 Å². The highest BCUT2D eigenvalue weighted by Crippen LogP contribution is 2.34. The van der Waals surface area contributed by atoms with Crippen molar-refractivity contribution in [1.82, 2.24) is 19.6 Å². The second-order valence-corrected chi connectivity index (χ2v) is 8.21. The second kappa shape index (κ2) is 8.73. The highest BCUT2D eigenvalue weighted by atomic mass is 15.3. The minimum absolute atomic E-state index is 0.464. The van der Waals surface area contributed by atoms with Crippen LogP contribution in [0.3, 0.4) is 0 Å². The Balaban J connectivity index is 1.60. The molecule has 0 saturated carbocycles. The van der Waals surface area contributed by atoms with E-state index in [1.54, 1.807) is 10.7 Å². The predicted molar refractivity (Wildman–Crippen MR) is 138 cm³/mol. The van der Waals surface area contributed by atoms with E-state index < -0.39 is 0 Å². The summed E-state index contributed by atoms with van der Waals surface area (Å²) in [4.78, 5) is 9.04. The van der Waals surface area contributed by atoms with Gasteiger partial charge in [0.1, 0.15) is 11.6 Å². The zero-order valence-electron chi connectivity index (χ0n) is 18.8. The molecule has 3 aromatic carbocycles. The van der Waals surface area contributed by atoms with Crippen LogP contribution in [0.25, 0.3) is 39.1 Å². The number of hydrogen-bond acceptors (Lipinski definition) is 5. The molecule has 0 aliphatic rings. The monoisotopic (exact) mass is 452 g/mol. The number of pyridine rings is 2. The van der Waals surface area contributed by atoms with E-state index in [1.807, 2.05) is 72.9 Å². The third-order valence-electron chi connectivity index (χ3n) is 6.03. The average molecular weight is 453 g/mol. The fraction of sp³-hybridized carbons (Fsp3) is 0.0345. The lowest BCUT2D eigenvalue weighted by atomic mass is 10.0. The molecule has 0 spiro atoms. The van der Waals surface area contributed by atoms with Gasteiger partial charge in [0.05, 0.1) is 11.2 Å². The molecule has 6 aromatic rings. The maximum absolute atomic E-state index is 10.3. The van der Waals surface area contributed by atoms with Crippen molar-refractivity contribution in [2.75, 3.05) is 5.32 Å². The zero-order chi connectivity index (χ0) is 23.6. The van der Waals surface area contributed by atoms with Crippen LogP contribution in [0.5, 0.6) is 0 Å². The normalized spacial score (nSPS) is 10.9. The summed E-state index contributed by atoms with van der Waals surface area (Å²) in [7, 11) is 0. The molecule has 0 bridgehead atoms. The zero-order valence-corrected chi connectivity index (χ0v) is 18.8. The average Bonchev–Trinajstić information content (AvgIpc) is 3.38. The van der Waals surface area contributed by atoms with Crippen molar-refractivity contribution in [2.24, 2.45) is 0 Å². The summed E-state index contributed by atoms with van der Waals surface area (Å²) in [6.45, 7) is 0.581. The molecular weight excluding hydrogens is 432 g/mol. The number of hydrogen-bond donors (Lipinski definition) is 1. The molecular formula is C29H20N6. The topological polar surface area (TPSA) is 78.9 Å². The van der Waals surface area contributed by atoms with Crippen LogP contribution < -0.4 is 5.32 Å². The van der Waals surface area contributed by atoms with Crippen molar-refractivity contribution in [3.05, 3.63) is 115 Å². The van der Waals surface area contributed by atoms with Crippen molar-refractivity contribution >= 4 is 22.2 Å². The van der Waals surface area contributed by atoms with E-state index >= 15 is 0 Å². The number of aromatic nitrogens is 4. The first-order chi connectivity index (χ1) is 17.3. The molecule has 1 N–H and O–H groups in total. The third-order valence-corrected chi connectivity index (χ3v) is 6.03. The molecule has 0 saturated heterocycles. The van der Waals surface area contributed by atoms with Crippen molar-refractivity contribution in [3.63, 3.8) is 0 Å². The van der Waals surface area contributed by atoms with Gasteiger partial charge in [0, 0.05) is 35.5 Å². The fourth-order valence-electron chi connectivity index (χ4n) is 4.31. The standard InChI is InChI=1S/C29H20N6/c30-17-25-27(32-18-20-8-3-1-4-9-20)24-16-22(23-12-7-15-31-19-23)13-14-26(24)35-29(25)33-28(34-35)21-10-5-2-6-11-21/h1-16,19,32H,18H2. The van der Waals surface area contributed by atoms with Crippen molar-refractivity contribution in [1.29, 1.82) is 5.26 Å². The highest BCUT2D eigenvalue weighted by molar-refractivity contribution is 6.00. The maximum Gasteiger partial charge on any atom is 0.182 e.